The Morgan fingerprint density at radius 1 is 1.26 bits per heavy atom. The van der Waals surface area contributed by atoms with Gasteiger partial charge in [-0.25, -0.2) is 9.79 Å². The van der Waals surface area contributed by atoms with E-state index in [1.54, 1.807) is 24.3 Å². The summed E-state index contributed by atoms with van der Waals surface area (Å²) in [5.41, 5.74) is 2.36. The maximum absolute atomic E-state index is 12.1. The molecule has 1 aliphatic heterocycles. The van der Waals surface area contributed by atoms with Gasteiger partial charge < -0.3 is 18.9 Å². The maximum atomic E-state index is 12.1. The van der Waals surface area contributed by atoms with Gasteiger partial charge in [0.1, 0.15) is 23.6 Å². The molecular weight excluding hydrogens is 370 g/mol. The molecule has 0 saturated heterocycles. The van der Waals surface area contributed by atoms with Crippen molar-refractivity contribution in [2.24, 2.45) is 4.99 Å². The van der Waals surface area contributed by atoms with Gasteiger partial charge in [0, 0.05) is 5.02 Å². The van der Waals surface area contributed by atoms with E-state index in [1.165, 1.54) is 20.5 Å². The Morgan fingerprint density at radius 2 is 2.07 bits per heavy atom. The number of benzene rings is 2. The topological polar surface area (TPSA) is 66.4 Å². The van der Waals surface area contributed by atoms with Crippen LogP contribution in [0.15, 0.2) is 53.7 Å². The Labute approximate surface area is 162 Å². The highest BCUT2D eigenvalue weighted by Crippen LogP contribution is 2.33. The first kappa shape index (κ1) is 18.8. The number of carbonyl (C=O) groups excluding carboxylic acids is 1. The Hall–Kier alpha value is -2.99. The van der Waals surface area contributed by atoms with Crippen LogP contribution in [0.25, 0.3) is 5.57 Å². The standard InChI is InChI=1S/C20H18ClNO5/c1-24-11-16(20(23)25-2)15-6-4-3-5-13(15)10-27-19-12-26-18-8-7-14(21)9-17(18)22-19/h3-9,11H,10,12H2,1-2H3/b16-11+. The number of halogens is 1. The van der Waals surface area contributed by atoms with Gasteiger partial charge in [-0.2, -0.15) is 0 Å². The highest BCUT2D eigenvalue weighted by atomic mass is 35.5. The van der Waals surface area contributed by atoms with E-state index in [4.69, 9.17) is 30.5 Å². The molecule has 27 heavy (non-hydrogen) atoms. The SMILES string of the molecule is CO/C=C(/C(=O)OC)c1ccccc1COC1=Nc2cc(Cl)ccc2OC1. The minimum atomic E-state index is -0.494. The second kappa shape index (κ2) is 8.60. The van der Waals surface area contributed by atoms with E-state index in [2.05, 4.69) is 4.99 Å². The van der Waals surface area contributed by atoms with Gasteiger partial charge in [0.25, 0.3) is 0 Å². The van der Waals surface area contributed by atoms with E-state index in [1.807, 2.05) is 18.2 Å². The maximum Gasteiger partial charge on any atom is 0.341 e. The molecule has 0 fully saturated rings. The van der Waals surface area contributed by atoms with Crippen molar-refractivity contribution in [3.05, 3.63) is 64.9 Å². The molecule has 7 heteroatoms. The highest BCUT2D eigenvalue weighted by Gasteiger charge is 2.19. The summed E-state index contributed by atoms with van der Waals surface area (Å²) in [6, 6.07) is 12.6. The van der Waals surface area contributed by atoms with Crippen molar-refractivity contribution in [3.63, 3.8) is 0 Å². The Balaban J connectivity index is 1.81. The fourth-order valence-corrected chi connectivity index (χ4v) is 2.77. The summed E-state index contributed by atoms with van der Waals surface area (Å²) in [6.07, 6.45) is 1.35. The molecule has 1 heterocycles. The molecule has 2 aromatic carbocycles. The molecule has 0 saturated carbocycles. The zero-order valence-corrected chi connectivity index (χ0v) is 15.7. The number of nitrogens with zero attached hydrogens (tertiary/aromatic N) is 1. The van der Waals surface area contributed by atoms with Gasteiger partial charge in [0.15, 0.2) is 6.61 Å². The number of rotatable bonds is 5. The Morgan fingerprint density at radius 3 is 2.85 bits per heavy atom. The minimum Gasteiger partial charge on any atom is -0.503 e. The van der Waals surface area contributed by atoms with Crippen LogP contribution < -0.4 is 4.74 Å². The normalized spacial score (nSPS) is 13.1. The van der Waals surface area contributed by atoms with E-state index in [9.17, 15) is 4.79 Å². The average molecular weight is 388 g/mol. The van der Waals surface area contributed by atoms with Crippen molar-refractivity contribution >= 4 is 34.7 Å². The second-order valence-corrected chi connectivity index (χ2v) is 6.05. The first-order valence-electron chi connectivity index (χ1n) is 8.14. The Bertz CT molecular complexity index is 907. The fraction of sp³-hybridized carbons (Fsp3) is 0.200. The lowest BCUT2D eigenvalue weighted by Crippen LogP contribution is -2.18. The number of ether oxygens (including phenoxy) is 4. The van der Waals surface area contributed by atoms with Crippen LogP contribution in [0.3, 0.4) is 0 Å². The molecule has 0 bridgehead atoms. The molecule has 0 N–H and O–H groups in total. The van der Waals surface area contributed by atoms with Crippen molar-refractivity contribution < 1.29 is 23.7 Å². The quantitative estimate of drug-likeness (QED) is 0.438. The van der Waals surface area contributed by atoms with Crippen LogP contribution in [0.2, 0.25) is 5.02 Å². The summed E-state index contributed by atoms with van der Waals surface area (Å²) < 4.78 is 21.3. The zero-order chi connectivity index (χ0) is 19.2. The van der Waals surface area contributed by atoms with Gasteiger partial charge >= 0.3 is 5.97 Å². The molecule has 0 unspecified atom stereocenters. The molecule has 0 aliphatic carbocycles. The van der Waals surface area contributed by atoms with Crippen LogP contribution in [-0.4, -0.2) is 32.7 Å². The molecule has 3 rings (SSSR count). The third-order valence-electron chi connectivity index (χ3n) is 3.86. The van der Waals surface area contributed by atoms with Crippen molar-refractivity contribution in [2.75, 3.05) is 20.8 Å². The molecule has 2 aromatic rings. The second-order valence-electron chi connectivity index (χ2n) is 5.61. The largest absolute Gasteiger partial charge is 0.503 e. The number of methoxy groups -OCH3 is 2. The summed E-state index contributed by atoms with van der Waals surface area (Å²) in [7, 11) is 2.79. The van der Waals surface area contributed by atoms with Crippen molar-refractivity contribution in [1.82, 2.24) is 0 Å². The van der Waals surface area contributed by atoms with Crippen LogP contribution in [0.1, 0.15) is 11.1 Å². The number of esters is 1. The smallest absolute Gasteiger partial charge is 0.341 e. The molecule has 1 aliphatic rings. The molecule has 6 nitrogen and oxygen atoms in total. The number of fused-ring (bicyclic) bond motifs is 1. The lowest BCUT2D eigenvalue weighted by molar-refractivity contribution is -0.133. The predicted octanol–water partition coefficient (Wildman–Crippen LogP) is 4.14. The van der Waals surface area contributed by atoms with E-state index >= 15 is 0 Å². The first-order chi connectivity index (χ1) is 13.1. The third kappa shape index (κ3) is 4.41. The summed E-state index contributed by atoms with van der Waals surface area (Å²) >= 11 is 6.00. The van der Waals surface area contributed by atoms with E-state index in [0.717, 1.165) is 5.56 Å². The first-order valence-corrected chi connectivity index (χ1v) is 8.52. The number of carbonyl (C=O) groups is 1. The van der Waals surface area contributed by atoms with E-state index < -0.39 is 5.97 Å². The molecule has 0 atom stereocenters. The summed E-state index contributed by atoms with van der Waals surface area (Å²) in [6.45, 7) is 0.418. The molecule has 0 amide bonds. The van der Waals surface area contributed by atoms with Gasteiger partial charge in [-0.05, 0) is 29.3 Å². The number of hydrogen-bond acceptors (Lipinski definition) is 6. The van der Waals surface area contributed by atoms with Crippen molar-refractivity contribution in [2.45, 2.75) is 6.61 Å². The third-order valence-corrected chi connectivity index (χ3v) is 4.10. The van der Waals surface area contributed by atoms with Crippen molar-refractivity contribution in [3.8, 4) is 5.75 Å². The van der Waals surface area contributed by atoms with Crippen LogP contribution in [-0.2, 0) is 25.6 Å². The highest BCUT2D eigenvalue weighted by molar-refractivity contribution is 6.30. The van der Waals surface area contributed by atoms with Gasteiger partial charge in [-0.3, -0.25) is 0 Å². The van der Waals surface area contributed by atoms with Gasteiger partial charge in [0.05, 0.1) is 20.5 Å². The molecular formula is C20H18ClNO5. The Kier molecular flexibility index (Phi) is 5.98. The summed E-state index contributed by atoms with van der Waals surface area (Å²) in [4.78, 5) is 16.5. The molecule has 0 spiro atoms. The van der Waals surface area contributed by atoms with Gasteiger partial charge in [-0.15, -0.1) is 0 Å². The van der Waals surface area contributed by atoms with Crippen LogP contribution in [0.5, 0.6) is 5.75 Å². The van der Waals surface area contributed by atoms with Crippen LogP contribution in [0, 0.1) is 0 Å². The lowest BCUT2D eigenvalue weighted by atomic mass is 10.0. The summed E-state index contributed by atoms with van der Waals surface area (Å²) in [5, 5.41) is 0.570. The van der Waals surface area contributed by atoms with Gasteiger partial charge in [-0.1, -0.05) is 35.9 Å². The zero-order valence-electron chi connectivity index (χ0n) is 14.9. The number of hydrogen-bond donors (Lipinski definition) is 0. The minimum absolute atomic E-state index is 0.201. The molecule has 0 radical (unpaired) electrons. The van der Waals surface area contributed by atoms with Crippen molar-refractivity contribution in [1.29, 1.82) is 0 Å². The van der Waals surface area contributed by atoms with E-state index in [-0.39, 0.29) is 13.2 Å². The average Bonchev–Trinajstić information content (AvgIpc) is 2.70. The van der Waals surface area contributed by atoms with Crippen LogP contribution >= 0.6 is 11.6 Å². The van der Waals surface area contributed by atoms with Crippen LogP contribution in [0.4, 0.5) is 5.69 Å². The van der Waals surface area contributed by atoms with E-state index in [0.29, 0.717) is 33.5 Å². The molecule has 0 aromatic heterocycles. The lowest BCUT2D eigenvalue weighted by Gasteiger charge is -2.18. The summed E-state index contributed by atoms with van der Waals surface area (Å²) in [5.74, 6) is 0.587. The predicted molar refractivity (Wildman–Crippen MR) is 102 cm³/mol. The molecule has 140 valence electrons. The number of aliphatic imine (C=N–C) groups is 1. The monoisotopic (exact) mass is 387 g/mol. The van der Waals surface area contributed by atoms with Gasteiger partial charge in [0.2, 0.25) is 5.90 Å². The fourth-order valence-electron chi connectivity index (χ4n) is 2.60.